The second-order valence-corrected chi connectivity index (χ2v) is 13.3. The topological polar surface area (TPSA) is 65.0 Å². The van der Waals surface area contributed by atoms with Crippen molar-refractivity contribution in [3.63, 3.8) is 0 Å². The minimum atomic E-state index is -0.141. The Morgan fingerprint density at radius 3 is 1.77 bits per heavy atom. The number of rotatable bonds is 27. The average molecular weight is 602 g/mol. The van der Waals surface area contributed by atoms with Gasteiger partial charge in [-0.1, -0.05) is 153 Å². The fourth-order valence-corrected chi connectivity index (χ4v) is 6.73. The molecule has 0 amide bonds. The molecule has 0 aliphatic carbocycles. The molecule has 226 valence electrons. The molecule has 0 radical (unpaired) electrons. The number of esters is 1. The van der Waals surface area contributed by atoms with Crippen molar-refractivity contribution in [1.82, 2.24) is 15.0 Å². The lowest BCUT2D eigenvalue weighted by atomic mass is 10.0. The van der Waals surface area contributed by atoms with Crippen LogP contribution in [-0.2, 0) is 9.53 Å². The molecule has 0 bridgehead atoms. The number of carbonyl (C=O) groups is 1. The molecule has 0 spiro atoms. The number of nitrogens with zero attached hydrogens (tertiary/aromatic N) is 3. The summed E-state index contributed by atoms with van der Waals surface area (Å²) in [7, 11) is 0. The van der Waals surface area contributed by atoms with Gasteiger partial charge in [0.1, 0.15) is 0 Å². The summed E-state index contributed by atoms with van der Waals surface area (Å²) >= 11 is 9.44. The summed E-state index contributed by atoms with van der Waals surface area (Å²) in [6, 6.07) is 0. The number of unbranched alkanes of at least 4 members (excludes halogenated alkanes) is 16. The molecule has 1 unspecified atom stereocenters. The van der Waals surface area contributed by atoms with Crippen LogP contribution >= 0.6 is 35.1 Å². The maximum absolute atomic E-state index is 12.3. The molecule has 0 saturated heterocycles. The van der Waals surface area contributed by atoms with Gasteiger partial charge in [-0.25, -0.2) is 0 Å². The van der Waals surface area contributed by atoms with Crippen molar-refractivity contribution in [3.05, 3.63) is 5.28 Å². The van der Waals surface area contributed by atoms with Crippen LogP contribution in [0.2, 0.25) is 5.28 Å². The van der Waals surface area contributed by atoms with Crippen LogP contribution in [0.3, 0.4) is 0 Å². The predicted octanol–water partition coefficient (Wildman–Crippen LogP) is 10.9. The second kappa shape index (κ2) is 26.4. The van der Waals surface area contributed by atoms with Gasteiger partial charge in [-0.3, -0.25) is 4.79 Å². The van der Waals surface area contributed by atoms with Crippen molar-refractivity contribution in [2.75, 3.05) is 12.4 Å². The van der Waals surface area contributed by atoms with E-state index in [4.69, 9.17) is 16.3 Å². The molecule has 8 heteroatoms. The van der Waals surface area contributed by atoms with Crippen molar-refractivity contribution in [2.24, 2.45) is 0 Å². The molecular weight excluding hydrogens is 546 g/mol. The normalized spacial score (nSPS) is 12.1. The van der Waals surface area contributed by atoms with Crippen LogP contribution in [0.5, 0.6) is 0 Å². The first-order valence-electron chi connectivity index (χ1n) is 16.0. The summed E-state index contributed by atoms with van der Waals surface area (Å²) in [5.74, 6) is 0.851. The molecule has 1 aromatic heterocycles. The Labute approximate surface area is 253 Å². The summed E-state index contributed by atoms with van der Waals surface area (Å²) in [4.78, 5) is 25.6. The number of thioether (sulfide) groups is 2. The average Bonchev–Trinajstić information content (AvgIpc) is 2.91. The molecule has 1 aromatic rings. The molecule has 0 saturated carbocycles. The second-order valence-electron chi connectivity index (χ2n) is 10.6. The van der Waals surface area contributed by atoms with Crippen molar-refractivity contribution in [2.45, 2.75) is 171 Å². The Hall–Kier alpha value is -0.530. The highest BCUT2D eigenvalue weighted by Crippen LogP contribution is 2.29. The Morgan fingerprint density at radius 2 is 1.21 bits per heavy atom. The number of aromatic nitrogens is 3. The van der Waals surface area contributed by atoms with Crippen LogP contribution in [-0.4, -0.2) is 38.5 Å². The molecule has 0 aliphatic heterocycles. The van der Waals surface area contributed by atoms with Crippen molar-refractivity contribution < 1.29 is 9.53 Å². The first-order chi connectivity index (χ1) is 19.1. The first kappa shape index (κ1) is 36.5. The van der Waals surface area contributed by atoms with E-state index >= 15 is 0 Å². The van der Waals surface area contributed by atoms with E-state index < -0.39 is 0 Å². The minimum Gasteiger partial charge on any atom is -0.466 e. The molecule has 0 N–H and O–H groups in total. The van der Waals surface area contributed by atoms with Crippen LogP contribution in [0.15, 0.2) is 10.3 Å². The van der Waals surface area contributed by atoms with E-state index in [-0.39, 0.29) is 16.5 Å². The molecule has 1 rings (SSSR count). The van der Waals surface area contributed by atoms with E-state index in [2.05, 4.69) is 28.8 Å². The molecule has 0 aliphatic rings. The first-order valence-corrected chi connectivity index (χ1v) is 18.2. The number of hydrogen-bond donors (Lipinski definition) is 0. The summed E-state index contributed by atoms with van der Waals surface area (Å²) in [5.41, 5.74) is 0. The summed E-state index contributed by atoms with van der Waals surface area (Å²) < 4.78 is 5.34. The molecule has 1 atom stereocenters. The van der Waals surface area contributed by atoms with Gasteiger partial charge in [0.2, 0.25) is 5.28 Å². The lowest BCUT2D eigenvalue weighted by Crippen LogP contribution is -2.15. The van der Waals surface area contributed by atoms with Gasteiger partial charge < -0.3 is 4.74 Å². The van der Waals surface area contributed by atoms with Crippen molar-refractivity contribution >= 4 is 41.1 Å². The zero-order valence-electron chi connectivity index (χ0n) is 25.2. The molecule has 5 nitrogen and oxygen atoms in total. The molecule has 1 heterocycles. The SMILES string of the molecule is CCCCCCCCCCCCCCCCSc1nc(Cl)nc(SC(CCCCCC)CC(=O)OCCC)n1. The van der Waals surface area contributed by atoms with Crippen molar-refractivity contribution in [1.29, 1.82) is 0 Å². The van der Waals surface area contributed by atoms with Crippen LogP contribution in [0, 0.1) is 0 Å². The Balaban J connectivity index is 2.29. The standard InChI is InChI=1S/C31H56ClN3O2S2/c1-4-7-9-11-12-13-14-15-16-17-18-19-20-22-25-38-30-33-29(32)34-31(35-30)39-27(23-21-10-8-5-2)26-28(36)37-24-6-3/h27H,4-26H2,1-3H3. The molecule has 0 fully saturated rings. The molecular formula is C31H56ClN3O2S2. The number of hydrogen-bond acceptors (Lipinski definition) is 7. The van der Waals surface area contributed by atoms with Gasteiger partial charge in [0, 0.05) is 11.0 Å². The van der Waals surface area contributed by atoms with E-state index in [0.29, 0.717) is 23.3 Å². The Kier molecular flexibility index (Phi) is 24.7. The lowest BCUT2D eigenvalue weighted by Gasteiger charge is -2.15. The van der Waals surface area contributed by atoms with Crippen LogP contribution in [0.25, 0.3) is 0 Å². The maximum Gasteiger partial charge on any atom is 0.306 e. The van der Waals surface area contributed by atoms with Gasteiger partial charge in [0.05, 0.1) is 13.0 Å². The van der Waals surface area contributed by atoms with Gasteiger partial charge >= 0.3 is 5.97 Å². The van der Waals surface area contributed by atoms with Crippen LogP contribution < -0.4 is 0 Å². The van der Waals surface area contributed by atoms with Crippen LogP contribution in [0.1, 0.15) is 156 Å². The van der Waals surface area contributed by atoms with E-state index in [1.165, 1.54) is 114 Å². The fraction of sp³-hybridized carbons (Fsp3) is 0.871. The Morgan fingerprint density at radius 1 is 0.692 bits per heavy atom. The smallest absolute Gasteiger partial charge is 0.306 e. The zero-order chi connectivity index (χ0) is 28.4. The summed E-state index contributed by atoms with van der Waals surface area (Å²) in [5, 5.41) is 1.62. The van der Waals surface area contributed by atoms with Gasteiger partial charge in [-0.2, -0.15) is 15.0 Å². The Bertz CT molecular complexity index is 727. The van der Waals surface area contributed by atoms with E-state index in [0.717, 1.165) is 31.4 Å². The monoisotopic (exact) mass is 601 g/mol. The number of halogens is 1. The quantitative estimate of drug-likeness (QED) is 0.0564. The van der Waals surface area contributed by atoms with Gasteiger partial charge in [-0.15, -0.1) is 0 Å². The summed E-state index contributed by atoms with van der Waals surface area (Å²) in [6.07, 6.45) is 25.9. The van der Waals surface area contributed by atoms with E-state index in [9.17, 15) is 4.79 Å². The summed E-state index contributed by atoms with van der Waals surface area (Å²) in [6.45, 7) is 6.97. The number of ether oxygens (including phenoxy) is 1. The third-order valence-electron chi connectivity index (χ3n) is 6.81. The lowest BCUT2D eigenvalue weighted by molar-refractivity contribution is -0.143. The van der Waals surface area contributed by atoms with Gasteiger partial charge in [-0.05, 0) is 30.9 Å². The van der Waals surface area contributed by atoms with Crippen molar-refractivity contribution in [3.8, 4) is 0 Å². The maximum atomic E-state index is 12.3. The highest BCUT2D eigenvalue weighted by molar-refractivity contribution is 8.00. The largest absolute Gasteiger partial charge is 0.466 e. The highest BCUT2D eigenvalue weighted by Gasteiger charge is 2.19. The van der Waals surface area contributed by atoms with E-state index in [1.54, 1.807) is 11.8 Å². The number of carbonyl (C=O) groups excluding carboxylic acids is 1. The zero-order valence-corrected chi connectivity index (χ0v) is 27.6. The van der Waals surface area contributed by atoms with Gasteiger partial charge in [0.25, 0.3) is 0 Å². The third kappa shape index (κ3) is 21.8. The third-order valence-corrected chi connectivity index (χ3v) is 9.04. The van der Waals surface area contributed by atoms with Crippen LogP contribution in [0.4, 0.5) is 0 Å². The van der Waals surface area contributed by atoms with E-state index in [1.807, 2.05) is 6.92 Å². The minimum absolute atomic E-state index is 0.0910. The fourth-order valence-electron chi connectivity index (χ4n) is 4.50. The molecule has 39 heavy (non-hydrogen) atoms. The highest BCUT2D eigenvalue weighted by atomic mass is 35.5. The molecule has 0 aromatic carbocycles. The van der Waals surface area contributed by atoms with Gasteiger partial charge in [0.15, 0.2) is 10.3 Å². The predicted molar refractivity (Wildman–Crippen MR) is 170 cm³/mol.